The van der Waals surface area contributed by atoms with Gasteiger partial charge in [0.25, 0.3) is 0 Å². The van der Waals surface area contributed by atoms with Gasteiger partial charge in [0.1, 0.15) is 7.11 Å². The van der Waals surface area contributed by atoms with Gasteiger partial charge in [-0.3, -0.25) is 0 Å². The van der Waals surface area contributed by atoms with E-state index >= 15 is 0 Å². The van der Waals surface area contributed by atoms with Gasteiger partial charge in [0.2, 0.25) is 0 Å². The van der Waals surface area contributed by atoms with Crippen LogP contribution in [-0.4, -0.2) is 12.8 Å². The SMILES string of the molecule is CO/N=C(\Cc1ccc(C(F)(F)F)cc1)c1ccc(Cl)cc1. The van der Waals surface area contributed by atoms with Crippen molar-refractivity contribution in [2.45, 2.75) is 12.6 Å². The first kappa shape index (κ1) is 16.4. The van der Waals surface area contributed by atoms with Gasteiger partial charge in [-0.25, -0.2) is 0 Å². The number of rotatable bonds is 4. The quantitative estimate of drug-likeness (QED) is 0.575. The molecule has 0 unspecified atom stereocenters. The average Bonchev–Trinajstić information content (AvgIpc) is 2.47. The van der Waals surface area contributed by atoms with Gasteiger partial charge in [-0.1, -0.05) is 41.0 Å². The summed E-state index contributed by atoms with van der Waals surface area (Å²) in [5, 5.41) is 4.53. The van der Waals surface area contributed by atoms with Crippen molar-refractivity contribution in [1.29, 1.82) is 0 Å². The summed E-state index contributed by atoms with van der Waals surface area (Å²) in [4.78, 5) is 4.81. The van der Waals surface area contributed by atoms with E-state index in [1.807, 2.05) is 0 Å². The van der Waals surface area contributed by atoms with E-state index in [0.29, 0.717) is 22.7 Å². The maximum atomic E-state index is 12.5. The van der Waals surface area contributed by atoms with Crippen LogP contribution in [0.15, 0.2) is 53.7 Å². The highest BCUT2D eigenvalue weighted by atomic mass is 35.5. The molecule has 0 saturated heterocycles. The standard InChI is InChI=1S/C16H13ClF3NO/c1-22-21-15(12-4-8-14(17)9-5-12)10-11-2-6-13(7-3-11)16(18,19)20/h2-9H,10H2,1H3/b21-15+. The van der Waals surface area contributed by atoms with Crippen LogP contribution in [0.25, 0.3) is 0 Å². The van der Waals surface area contributed by atoms with Gasteiger partial charge in [0, 0.05) is 11.4 Å². The topological polar surface area (TPSA) is 21.6 Å². The van der Waals surface area contributed by atoms with Crippen LogP contribution in [0.5, 0.6) is 0 Å². The van der Waals surface area contributed by atoms with Crippen LogP contribution in [0, 0.1) is 0 Å². The third-order valence-electron chi connectivity index (χ3n) is 3.03. The van der Waals surface area contributed by atoms with Crippen LogP contribution in [0.2, 0.25) is 5.02 Å². The van der Waals surface area contributed by atoms with Gasteiger partial charge in [-0.15, -0.1) is 0 Å². The number of oxime groups is 1. The molecule has 116 valence electrons. The summed E-state index contributed by atoms with van der Waals surface area (Å²) < 4.78 is 37.6. The van der Waals surface area contributed by atoms with Crippen molar-refractivity contribution < 1.29 is 18.0 Å². The molecule has 0 spiro atoms. The van der Waals surface area contributed by atoms with E-state index in [2.05, 4.69) is 5.16 Å². The zero-order chi connectivity index (χ0) is 16.2. The zero-order valence-electron chi connectivity index (χ0n) is 11.7. The first-order valence-electron chi connectivity index (χ1n) is 6.42. The largest absolute Gasteiger partial charge is 0.416 e. The van der Waals surface area contributed by atoms with Crippen LogP contribution in [0.1, 0.15) is 16.7 Å². The molecule has 0 aliphatic carbocycles. The van der Waals surface area contributed by atoms with Crippen LogP contribution in [0.3, 0.4) is 0 Å². The summed E-state index contributed by atoms with van der Waals surface area (Å²) in [6.45, 7) is 0. The molecular formula is C16H13ClF3NO. The minimum atomic E-state index is -4.34. The van der Waals surface area contributed by atoms with Crippen molar-refractivity contribution in [2.75, 3.05) is 7.11 Å². The highest BCUT2D eigenvalue weighted by Crippen LogP contribution is 2.29. The van der Waals surface area contributed by atoms with Crippen molar-refractivity contribution in [2.24, 2.45) is 5.16 Å². The maximum Gasteiger partial charge on any atom is 0.416 e. The lowest BCUT2D eigenvalue weighted by atomic mass is 10.0. The first-order chi connectivity index (χ1) is 10.4. The summed E-state index contributed by atoms with van der Waals surface area (Å²) in [5.41, 5.74) is 1.44. The van der Waals surface area contributed by atoms with E-state index in [-0.39, 0.29) is 0 Å². The van der Waals surface area contributed by atoms with Crippen LogP contribution < -0.4 is 0 Å². The molecule has 0 radical (unpaired) electrons. The maximum absolute atomic E-state index is 12.5. The van der Waals surface area contributed by atoms with E-state index in [0.717, 1.165) is 17.7 Å². The lowest BCUT2D eigenvalue weighted by molar-refractivity contribution is -0.137. The predicted octanol–water partition coefficient (Wildman–Crippen LogP) is 4.95. The summed E-state index contributed by atoms with van der Waals surface area (Å²) in [5.74, 6) is 0. The molecule has 2 nitrogen and oxygen atoms in total. The van der Waals surface area contributed by atoms with Gasteiger partial charge in [0.15, 0.2) is 0 Å². The Labute approximate surface area is 131 Å². The fourth-order valence-electron chi connectivity index (χ4n) is 1.94. The molecule has 0 atom stereocenters. The third-order valence-corrected chi connectivity index (χ3v) is 3.28. The van der Waals surface area contributed by atoms with Gasteiger partial charge >= 0.3 is 6.18 Å². The van der Waals surface area contributed by atoms with Crippen molar-refractivity contribution in [1.82, 2.24) is 0 Å². The van der Waals surface area contributed by atoms with Gasteiger partial charge < -0.3 is 4.84 Å². The molecule has 0 saturated carbocycles. The van der Waals surface area contributed by atoms with E-state index in [9.17, 15) is 13.2 Å². The number of hydrogen-bond acceptors (Lipinski definition) is 2. The van der Waals surface area contributed by atoms with Gasteiger partial charge in [0.05, 0.1) is 11.3 Å². The molecule has 2 rings (SSSR count). The third kappa shape index (κ3) is 4.24. The molecule has 2 aromatic rings. The molecule has 0 fully saturated rings. The lowest BCUT2D eigenvalue weighted by Gasteiger charge is -2.09. The van der Waals surface area contributed by atoms with E-state index in [1.54, 1.807) is 24.3 Å². The second kappa shape index (κ2) is 6.83. The molecule has 0 N–H and O–H groups in total. The summed E-state index contributed by atoms with van der Waals surface area (Å²) in [6.07, 6.45) is -3.98. The Kier molecular flexibility index (Phi) is 5.08. The van der Waals surface area contributed by atoms with Crippen molar-refractivity contribution in [3.8, 4) is 0 Å². The molecule has 0 bridgehead atoms. The number of halogens is 4. The molecule has 0 aromatic heterocycles. The average molecular weight is 328 g/mol. The Balaban J connectivity index is 2.22. The van der Waals surface area contributed by atoms with Crippen LogP contribution in [-0.2, 0) is 17.4 Å². The number of benzene rings is 2. The summed E-state index contributed by atoms with van der Waals surface area (Å²) >= 11 is 5.84. The Bertz CT molecular complexity index is 649. The number of hydrogen-bond donors (Lipinski definition) is 0. The van der Waals surface area contributed by atoms with E-state index in [1.165, 1.54) is 19.2 Å². The highest BCUT2D eigenvalue weighted by Gasteiger charge is 2.29. The fourth-order valence-corrected chi connectivity index (χ4v) is 2.07. The Morgan fingerprint density at radius 3 is 2.14 bits per heavy atom. The summed E-state index contributed by atoms with van der Waals surface area (Å²) in [6, 6.07) is 12.0. The van der Waals surface area contributed by atoms with E-state index in [4.69, 9.17) is 16.4 Å². The second-order valence-electron chi connectivity index (χ2n) is 4.60. The minimum Gasteiger partial charge on any atom is -0.399 e. The van der Waals surface area contributed by atoms with Crippen molar-refractivity contribution >= 4 is 17.3 Å². The van der Waals surface area contributed by atoms with Gasteiger partial charge in [-0.05, 0) is 35.4 Å². The molecule has 0 aliphatic heterocycles. The first-order valence-corrected chi connectivity index (χ1v) is 6.80. The normalized spacial score (nSPS) is 12.3. The molecule has 0 aliphatic rings. The molecular weight excluding hydrogens is 315 g/mol. The van der Waals surface area contributed by atoms with Gasteiger partial charge in [-0.2, -0.15) is 13.2 Å². The Hall–Kier alpha value is -2.01. The smallest absolute Gasteiger partial charge is 0.399 e. The molecule has 2 aromatic carbocycles. The number of alkyl halides is 3. The zero-order valence-corrected chi connectivity index (χ0v) is 12.4. The summed E-state index contributed by atoms with van der Waals surface area (Å²) in [7, 11) is 1.42. The highest BCUT2D eigenvalue weighted by molar-refractivity contribution is 6.30. The predicted molar refractivity (Wildman–Crippen MR) is 80.1 cm³/mol. The minimum absolute atomic E-state index is 0.355. The fraction of sp³-hybridized carbons (Fsp3) is 0.188. The Morgan fingerprint density at radius 2 is 1.64 bits per heavy atom. The van der Waals surface area contributed by atoms with Crippen molar-refractivity contribution in [3.63, 3.8) is 0 Å². The lowest BCUT2D eigenvalue weighted by Crippen LogP contribution is -2.08. The molecule has 0 heterocycles. The van der Waals surface area contributed by atoms with E-state index < -0.39 is 11.7 Å². The van der Waals surface area contributed by atoms with Crippen LogP contribution in [0.4, 0.5) is 13.2 Å². The monoisotopic (exact) mass is 327 g/mol. The van der Waals surface area contributed by atoms with Crippen LogP contribution >= 0.6 is 11.6 Å². The molecule has 22 heavy (non-hydrogen) atoms. The molecule has 0 amide bonds. The van der Waals surface area contributed by atoms with Crippen molar-refractivity contribution in [3.05, 3.63) is 70.2 Å². The second-order valence-corrected chi connectivity index (χ2v) is 5.04. The number of nitrogens with zero attached hydrogens (tertiary/aromatic N) is 1. The molecule has 6 heteroatoms. The Morgan fingerprint density at radius 1 is 1.05 bits per heavy atom.